The summed E-state index contributed by atoms with van der Waals surface area (Å²) in [7, 11) is 0. The Morgan fingerprint density at radius 2 is 2.08 bits per heavy atom. The summed E-state index contributed by atoms with van der Waals surface area (Å²) in [5, 5.41) is 11.2. The highest BCUT2D eigenvalue weighted by atomic mass is 16.4. The maximum Gasteiger partial charge on any atom is 0.167 e. The van der Waals surface area contributed by atoms with Gasteiger partial charge in [-0.05, 0) is 5.56 Å². The van der Waals surface area contributed by atoms with Crippen molar-refractivity contribution in [1.29, 1.82) is 0 Å². The summed E-state index contributed by atoms with van der Waals surface area (Å²) in [5.41, 5.74) is 1.10. The third-order valence-electron chi connectivity index (χ3n) is 1.49. The zero-order valence-corrected chi connectivity index (χ0v) is 6.47. The number of nitrogens with zero attached hydrogens (tertiary/aromatic N) is 1. The molecular formula is C9H9NO2. The van der Waals surface area contributed by atoms with Gasteiger partial charge in [-0.2, -0.15) is 0 Å². The Balaban J connectivity index is 2.70. The van der Waals surface area contributed by atoms with Gasteiger partial charge in [-0.1, -0.05) is 35.5 Å². The maximum absolute atomic E-state index is 10.2. The van der Waals surface area contributed by atoms with Crippen molar-refractivity contribution in [2.24, 2.45) is 5.16 Å². The van der Waals surface area contributed by atoms with E-state index in [9.17, 15) is 4.79 Å². The van der Waals surface area contributed by atoms with Crippen LogP contribution in [0.15, 0.2) is 35.5 Å². The molecule has 12 heavy (non-hydrogen) atoms. The second-order valence-corrected chi connectivity index (χ2v) is 2.37. The number of carbonyl (C=O) groups excluding carboxylic acids is 1. The van der Waals surface area contributed by atoms with Gasteiger partial charge in [0.25, 0.3) is 0 Å². The van der Waals surface area contributed by atoms with E-state index in [1.165, 1.54) is 0 Å². The SMILES string of the molecule is O=CC(Cc1ccccc1)=NO. The van der Waals surface area contributed by atoms with E-state index in [2.05, 4.69) is 5.16 Å². The molecule has 1 rings (SSSR count). The number of hydrogen-bond donors (Lipinski definition) is 1. The minimum atomic E-state index is 0.140. The van der Waals surface area contributed by atoms with E-state index in [4.69, 9.17) is 5.21 Å². The van der Waals surface area contributed by atoms with Crippen molar-refractivity contribution in [2.45, 2.75) is 6.42 Å². The number of benzene rings is 1. The second-order valence-electron chi connectivity index (χ2n) is 2.37. The lowest BCUT2D eigenvalue weighted by molar-refractivity contribution is -0.102. The summed E-state index contributed by atoms with van der Waals surface area (Å²) in [6.07, 6.45) is 0.924. The molecule has 3 heteroatoms. The third kappa shape index (κ3) is 2.20. The summed E-state index contributed by atoms with van der Waals surface area (Å²) in [5.74, 6) is 0. The molecule has 62 valence electrons. The van der Waals surface area contributed by atoms with Crippen molar-refractivity contribution < 1.29 is 10.0 Å². The molecule has 0 bridgehead atoms. The predicted octanol–water partition coefficient (Wildman–Crippen LogP) is 1.26. The van der Waals surface area contributed by atoms with Crippen molar-refractivity contribution in [1.82, 2.24) is 0 Å². The van der Waals surface area contributed by atoms with Crippen LogP contribution in [0.5, 0.6) is 0 Å². The summed E-state index contributed by atoms with van der Waals surface area (Å²) in [6, 6.07) is 9.37. The van der Waals surface area contributed by atoms with E-state index in [1.54, 1.807) is 0 Å². The predicted molar refractivity (Wildman–Crippen MR) is 45.4 cm³/mol. The minimum Gasteiger partial charge on any atom is -0.411 e. The van der Waals surface area contributed by atoms with Gasteiger partial charge in [0, 0.05) is 6.42 Å². The third-order valence-corrected chi connectivity index (χ3v) is 1.49. The lowest BCUT2D eigenvalue weighted by Crippen LogP contribution is -2.03. The molecule has 0 aromatic heterocycles. The average molecular weight is 163 g/mol. The fourth-order valence-electron chi connectivity index (χ4n) is 0.906. The standard InChI is InChI=1S/C9H9NO2/c11-7-9(10-12)6-8-4-2-1-3-5-8/h1-5,7,12H,6H2. The zero-order chi connectivity index (χ0) is 8.81. The van der Waals surface area contributed by atoms with Crippen molar-refractivity contribution >= 4 is 12.0 Å². The van der Waals surface area contributed by atoms with Crippen LogP contribution in [0.4, 0.5) is 0 Å². The molecule has 0 saturated carbocycles. The maximum atomic E-state index is 10.2. The molecular weight excluding hydrogens is 154 g/mol. The number of rotatable bonds is 3. The van der Waals surface area contributed by atoms with Gasteiger partial charge in [0.1, 0.15) is 5.71 Å². The zero-order valence-electron chi connectivity index (χ0n) is 6.47. The van der Waals surface area contributed by atoms with Crippen molar-refractivity contribution in [3.8, 4) is 0 Å². The first kappa shape index (κ1) is 8.46. The fraction of sp³-hybridized carbons (Fsp3) is 0.111. The molecule has 0 aliphatic rings. The highest BCUT2D eigenvalue weighted by Gasteiger charge is 1.98. The van der Waals surface area contributed by atoms with Crippen LogP contribution < -0.4 is 0 Å². The summed E-state index contributed by atoms with van der Waals surface area (Å²) < 4.78 is 0. The molecule has 0 aliphatic carbocycles. The van der Waals surface area contributed by atoms with Gasteiger partial charge in [0.15, 0.2) is 6.29 Å². The van der Waals surface area contributed by atoms with Gasteiger partial charge in [0.05, 0.1) is 0 Å². The van der Waals surface area contributed by atoms with Crippen LogP contribution in [0.1, 0.15) is 5.56 Å². The van der Waals surface area contributed by atoms with Crippen LogP contribution in [0, 0.1) is 0 Å². The molecule has 0 amide bonds. The summed E-state index contributed by atoms with van der Waals surface area (Å²) in [6.45, 7) is 0. The Morgan fingerprint density at radius 1 is 1.42 bits per heavy atom. The van der Waals surface area contributed by atoms with Crippen molar-refractivity contribution in [2.75, 3.05) is 0 Å². The lowest BCUT2D eigenvalue weighted by atomic mass is 10.1. The summed E-state index contributed by atoms with van der Waals surface area (Å²) in [4.78, 5) is 10.2. The molecule has 0 atom stereocenters. The molecule has 1 aromatic rings. The number of oxime groups is 1. The molecule has 1 aromatic carbocycles. The van der Waals surface area contributed by atoms with E-state index < -0.39 is 0 Å². The van der Waals surface area contributed by atoms with Crippen LogP contribution in [0.3, 0.4) is 0 Å². The van der Waals surface area contributed by atoms with Gasteiger partial charge in [-0.25, -0.2) is 0 Å². The van der Waals surface area contributed by atoms with E-state index in [-0.39, 0.29) is 5.71 Å². The quantitative estimate of drug-likeness (QED) is 0.315. The number of aldehydes is 1. The number of carbonyl (C=O) groups is 1. The molecule has 3 nitrogen and oxygen atoms in total. The molecule has 0 saturated heterocycles. The first-order valence-electron chi connectivity index (χ1n) is 3.57. The van der Waals surface area contributed by atoms with E-state index in [1.807, 2.05) is 30.3 Å². The highest BCUT2D eigenvalue weighted by molar-refractivity contribution is 6.28. The molecule has 0 heterocycles. The van der Waals surface area contributed by atoms with Gasteiger partial charge < -0.3 is 5.21 Å². The Hall–Kier alpha value is -1.64. The molecule has 0 fully saturated rings. The van der Waals surface area contributed by atoms with Gasteiger partial charge in [0.2, 0.25) is 0 Å². The van der Waals surface area contributed by atoms with Crippen LogP contribution >= 0.6 is 0 Å². The number of hydrogen-bond acceptors (Lipinski definition) is 3. The first-order valence-corrected chi connectivity index (χ1v) is 3.57. The Kier molecular flexibility index (Phi) is 3.02. The smallest absolute Gasteiger partial charge is 0.167 e. The van der Waals surface area contributed by atoms with Crippen molar-refractivity contribution in [3.63, 3.8) is 0 Å². The van der Waals surface area contributed by atoms with Gasteiger partial charge in [-0.15, -0.1) is 0 Å². The van der Waals surface area contributed by atoms with Crippen molar-refractivity contribution in [3.05, 3.63) is 35.9 Å². The Morgan fingerprint density at radius 3 is 2.58 bits per heavy atom. The van der Waals surface area contributed by atoms with Crippen LogP contribution in [-0.4, -0.2) is 17.2 Å². The Labute approximate surface area is 70.3 Å². The minimum absolute atomic E-state index is 0.140. The molecule has 1 N–H and O–H groups in total. The fourth-order valence-corrected chi connectivity index (χ4v) is 0.906. The molecule has 0 unspecified atom stereocenters. The van der Waals surface area contributed by atoms with E-state index >= 15 is 0 Å². The lowest BCUT2D eigenvalue weighted by Gasteiger charge is -1.96. The van der Waals surface area contributed by atoms with Crippen LogP contribution in [-0.2, 0) is 11.2 Å². The molecule has 0 aliphatic heterocycles. The van der Waals surface area contributed by atoms with Crippen LogP contribution in [0.25, 0.3) is 0 Å². The Bertz CT molecular complexity index is 280. The normalized spacial score (nSPS) is 11.2. The summed E-state index contributed by atoms with van der Waals surface area (Å²) >= 11 is 0. The van der Waals surface area contributed by atoms with Gasteiger partial charge in [-0.3, -0.25) is 4.79 Å². The molecule has 0 spiro atoms. The largest absolute Gasteiger partial charge is 0.411 e. The van der Waals surface area contributed by atoms with E-state index in [0.29, 0.717) is 12.7 Å². The molecule has 0 radical (unpaired) electrons. The first-order chi connectivity index (χ1) is 5.86. The van der Waals surface area contributed by atoms with Gasteiger partial charge >= 0.3 is 0 Å². The highest BCUT2D eigenvalue weighted by Crippen LogP contribution is 1.99. The topological polar surface area (TPSA) is 49.7 Å². The monoisotopic (exact) mass is 163 g/mol. The average Bonchev–Trinajstić information content (AvgIpc) is 2.16. The van der Waals surface area contributed by atoms with Crippen LogP contribution in [0.2, 0.25) is 0 Å². The second kappa shape index (κ2) is 4.28. The van der Waals surface area contributed by atoms with E-state index in [0.717, 1.165) is 5.56 Å².